The second-order valence-electron chi connectivity index (χ2n) is 6.42. The van der Waals surface area contributed by atoms with Crippen molar-refractivity contribution in [3.63, 3.8) is 0 Å². The molecule has 5 heteroatoms. The Labute approximate surface area is 150 Å². The van der Waals surface area contributed by atoms with Crippen LogP contribution in [-0.4, -0.2) is 17.4 Å². The molecule has 0 aliphatic carbocycles. The molecule has 3 rings (SSSR count). The van der Waals surface area contributed by atoms with Crippen molar-refractivity contribution >= 4 is 35.0 Å². The summed E-state index contributed by atoms with van der Waals surface area (Å²) >= 11 is 12.5. The molecule has 1 heterocycles. The molecule has 0 spiro atoms. The predicted octanol–water partition coefficient (Wildman–Crippen LogP) is 4.65. The molecule has 0 bridgehead atoms. The van der Waals surface area contributed by atoms with Crippen molar-refractivity contribution in [2.24, 2.45) is 0 Å². The van der Waals surface area contributed by atoms with Crippen LogP contribution in [0, 0.1) is 6.92 Å². The molecule has 124 valence electrons. The number of ketones is 1. The zero-order valence-corrected chi connectivity index (χ0v) is 15.0. The standard InChI is InChI=1S/C19H16Cl2O3/c1-11-4-5-13(12-6-8-14(20)9-7-12)10-15(11)19(21)16(22)18(2,3)24-17(19)23/h4-10H,1-3H3. The third-order valence-electron chi connectivity index (χ3n) is 4.28. The van der Waals surface area contributed by atoms with Crippen molar-refractivity contribution in [3.05, 3.63) is 58.6 Å². The topological polar surface area (TPSA) is 43.4 Å². The van der Waals surface area contributed by atoms with Crippen LogP contribution < -0.4 is 0 Å². The fourth-order valence-corrected chi connectivity index (χ4v) is 3.50. The van der Waals surface area contributed by atoms with E-state index in [-0.39, 0.29) is 0 Å². The number of carbonyl (C=O) groups is 2. The number of ether oxygens (including phenoxy) is 1. The highest BCUT2D eigenvalue weighted by Crippen LogP contribution is 2.45. The number of alkyl halides is 1. The summed E-state index contributed by atoms with van der Waals surface area (Å²) in [6.07, 6.45) is 0. The molecule has 0 aromatic heterocycles. The van der Waals surface area contributed by atoms with Crippen LogP contribution >= 0.6 is 23.2 Å². The Hall–Kier alpha value is -1.84. The molecular formula is C19H16Cl2O3. The van der Waals surface area contributed by atoms with Crippen molar-refractivity contribution in [1.29, 1.82) is 0 Å². The number of hydrogen-bond donors (Lipinski definition) is 0. The fourth-order valence-electron chi connectivity index (χ4n) is 2.90. The second kappa shape index (κ2) is 5.61. The lowest BCUT2D eigenvalue weighted by atomic mass is 9.85. The van der Waals surface area contributed by atoms with Crippen LogP contribution in [0.15, 0.2) is 42.5 Å². The summed E-state index contributed by atoms with van der Waals surface area (Å²) < 4.78 is 5.21. The van der Waals surface area contributed by atoms with Crippen LogP contribution in [0.1, 0.15) is 25.0 Å². The Bertz CT molecular complexity index is 840. The maximum absolute atomic E-state index is 12.7. The van der Waals surface area contributed by atoms with E-state index >= 15 is 0 Å². The molecule has 0 saturated carbocycles. The summed E-state index contributed by atoms with van der Waals surface area (Å²) in [5, 5.41) is 0.635. The number of hydrogen-bond acceptors (Lipinski definition) is 3. The minimum atomic E-state index is -1.81. The van der Waals surface area contributed by atoms with Crippen molar-refractivity contribution in [2.45, 2.75) is 31.2 Å². The van der Waals surface area contributed by atoms with E-state index in [4.69, 9.17) is 27.9 Å². The molecule has 24 heavy (non-hydrogen) atoms. The SMILES string of the molecule is Cc1ccc(-c2ccc(Cl)cc2)cc1C1(Cl)C(=O)OC(C)(C)C1=O. The van der Waals surface area contributed by atoms with Gasteiger partial charge in [0.05, 0.1) is 0 Å². The van der Waals surface area contributed by atoms with Gasteiger partial charge in [-0.2, -0.15) is 0 Å². The van der Waals surface area contributed by atoms with Crippen LogP contribution in [0.4, 0.5) is 0 Å². The average Bonchev–Trinajstić information content (AvgIpc) is 2.69. The molecule has 0 N–H and O–H groups in total. The van der Waals surface area contributed by atoms with Gasteiger partial charge in [0.25, 0.3) is 0 Å². The van der Waals surface area contributed by atoms with Gasteiger partial charge < -0.3 is 4.74 Å². The first-order valence-corrected chi connectivity index (χ1v) is 8.26. The van der Waals surface area contributed by atoms with Gasteiger partial charge in [-0.15, -0.1) is 0 Å². The molecule has 1 aliphatic rings. The predicted molar refractivity (Wildman–Crippen MR) is 94.3 cm³/mol. The first kappa shape index (κ1) is 17.0. The summed E-state index contributed by atoms with van der Waals surface area (Å²) in [7, 11) is 0. The lowest BCUT2D eigenvalue weighted by Crippen LogP contribution is -2.38. The maximum atomic E-state index is 12.7. The van der Waals surface area contributed by atoms with E-state index in [9.17, 15) is 9.59 Å². The average molecular weight is 363 g/mol. The Morgan fingerprint density at radius 2 is 1.54 bits per heavy atom. The van der Waals surface area contributed by atoms with Crippen molar-refractivity contribution in [1.82, 2.24) is 0 Å². The molecule has 2 aromatic rings. The number of esters is 1. The normalized spacial score (nSPS) is 22.5. The van der Waals surface area contributed by atoms with Crippen LogP contribution in [0.25, 0.3) is 11.1 Å². The van der Waals surface area contributed by atoms with Crippen molar-refractivity contribution in [3.8, 4) is 11.1 Å². The van der Waals surface area contributed by atoms with E-state index in [1.807, 2.05) is 31.2 Å². The van der Waals surface area contributed by atoms with Gasteiger partial charge in [-0.05, 0) is 61.2 Å². The van der Waals surface area contributed by atoms with E-state index in [0.717, 1.165) is 16.7 Å². The van der Waals surface area contributed by atoms with Gasteiger partial charge in [-0.3, -0.25) is 4.79 Å². The number of Topliss-reactive ketones (excluding diaryl/α,β-unsaturated/α-hetero) is 1. The molecule has 1 unspecified atom stereocenters. The summed E-state index contributed by atoms with van der Waals surface area (Å²) in [6, 6.07) is 12.8. The van der Waals surface area contributed by atoms with E-state index in [1.165, 1.54) is 0 Å². The summed E-state index contributed by atoms with van der Waals surface area (Å²) in [6.45, 7) is 4.92. The first-order valence-electron chi connectivity index (χ1n) is 7.50. The number of rotatable bonds is 2. The highest BCUT2D eigenvalue weighted by molar-refractivity contribution is 6.48. The molecule has 1 fully saturated rings. The Morgan fingerprint density at radius 1 is 0.958 bits per heavy atom. The second-order valence-corrected chi connectivity index (χ2v) is 7.43. The quantitative estimate of drug-likeness (QED) is 0.443. The zero-order valence-electron chi connectivity index (χ0n) is 13.5. The molecular weight excluding hydrogens is 347 g/mol. The third kappa shape index (κ3) is 2.52. The first-order chi connectivity index (χ1) is 11.2. The van der Waals surface area contributed by atoms with Crippen LogP contribution in [0.5, 0.6) is 0 Å². The summed E-state index contributed by atoms with van der Waals surface area (Å²) in [5.41, 5.74) is 1.74. The third-order valence-corrected chi connectivity index (χ3v) is 5.06. The number of aryl methyl sites for hydroxylation is 1. The molecule has 3 nitrogen and oxygen atoms in total. The van der Waals surface area contributed by atoms with Gasteiger partial charge >= 0.3 is 5.97 Å². The molecule has 0 radical (unpaired) electrons. The van der Waals surface area contributed by atoms with Crippen LogP contribution in [-0.2, 0) is 19.2 Å². The Kier molecular flexibility index (Phi) is 3.97. The Morgan fingerprint density at radius 3 is 2.08 bits per heavy atom. The van der Waals surface area contributed by atoms with Crippen LogP contribution in [0.3, 0.4) is 0 Å². The zero-order chi connectivity index (χ0) is 17.7. The minimum absolute atomic E-state index is 0.446. The Balaban J connectivity index is 2.15. The molecule has 1 aliphatic heterocycles. The lowest BCUT2D eigenvalue weighted by molar-refractivity contribution is -0.149. The minimum Gasteiger partial charge on any atom is -0.450 e. The van der Waals surface area contributed by atoms with E-state index in [1.54, 1.807) is 32.0 Å². The van der Waals surface area contributed by atoms with Gasteiger partial charge in [-0.25, -0.2) is 4.79 Å². The number of halogens is 2. The van der Waals surface area contributed by atoms with Gasteiger partial charge in [-0.1, -0.05) is 47.5 Å². The molecule has 2 aromatic carbocycles. The highest BCUT2D eigenvalue weighted by Gasteiger charge is 2.61. The highest BCUT2D eigenvalue weighted by atomic mass is 35.5. The summed E-state index contributed by atoms with van der Waals surface area (Å²) in [5.74, 6) is -1.17. The lowest BCUT2D eigenvalue weighted by Gasteiger charge is -2.20. The van der Waals surface area contributed by atoms with Gasteiger partial charge in [0.2, 0.25) is 10.7 Å². The number of benzene rings is 2. The fraction of sp³-hybridized carbons (Fsp3) is 0.263. The van der Waals surface area contributed by atoms with Gasteiger partial charge in [0, 0.05) is 5.02 Å². The molecule has 0 amide bonds. The van der Waals surface area contributed by atoms with Crippen molar-refractivity contribution < 1.29 is 14.3 Å². The number of cyclic esters (lactones) is 1. The van der Waals surface area contributed by atoms with E-state index < -0.39 is 22.2 Å². The summed E-state index contributed by atoms with van der Waals surface area (Å²) in [4.78, 5) is 23.3. The van der Waals surface area contributed by atoms with Crippen molar-refractivity contribution in [2.75, 3.05) is 0 Å². The maximum Gasteiger partial charge on any atom is 0.340 e. The monoisotopic (exact) mass is 362 g/mol. The van der Waals surface area contributed by atoms with Gasteiger partial charge in [0.1, 0.15) is 0 Å². The largest absolute Gasteiger partial charge is 0.450 e. The van der Waals surface area contributed by atoms with Gasteiger partial charge in [0.15, 0.2) is 5.60 Å². The number of carbonyl (C=O) groups excluding carboxylic acids is 2. The van der Waals surface area contributed by atoms with E-state index in [0.29, 0.717) is 10.6 Å². The molecule has 1 saturated heterocycles. The van der Waals surface area contributed by atoms with E-state index in [2.05, 4.69) is 0 Å². The van der Waals surface area contributed by atoms with Crippen LogP contribution in [0.2, 0.25) is 5.02 Å². The smallest absolute Gasteiger partial charge is 0.340 e. The molecule has 1 atom stereocenters.